The molecule has 0 aromatic heterocycles. The van der Waals surface area contributed by atoms with Gasteiger partial charge in [-0.15, -0.1) is 0 Å². The number of fused-ring (bicyclic) bond motifs is 1. The second kappa shape index (κ2) is 6.94. The van der Waals surface area contributed by atoms with Crippen LogP contribution in [0.5, 0.6) is 0 Å². The molecule has 0 spiro atoms. The van der Waals surface area contributed by atoms with Crippen molar-refractivity contribution in [1.29, 1.82) is 0 Å². The second-order valence-electron chi connectivity index (χ2n) is 9.45. The Bertz CT molecular complexity index is 615. The van der Waals surface area contributed by atoms with E-state index in [2.05, 4.69) is 25.7 Å². The van der Waals surface area contributed by atoms with Crippen molar-refractivity contribution in [3.05, 3.63) is 12.2 Å². The van der Waals surface area contributed by atoms with Crippen molar-refractivity contribution in [2.24, 2.45) is 34.5 Å². The molecule has 3 fully saturated rings. The van der Waals surface area contributed by atoms with Crippen molar-refractivity contribution in [3.8, 4) is 0 Å². The molecular formula is C22H33NO3. The van der Waals surface area contributed by atoms with Crippen LogP contribution >= 0.6 is 0 Å². The smallest absolute Gasteiger partial charge is 0.217 e. The Labute approximate surface area is 157 Å². The number of amides is 1. The number of carbonyl (C=O) groups excluding carboxylic acids is 3. The highest BCUT2D eigenvalue weighted by molar-refractivity contribution is 5.73. The van der Waals surface area contributed by atoms with Gasteiger partial charge in [-0.1, -0.05) is 26.0 Å². The summed E-state index contributed by atoms with van der Waals surface area (Å²) in [5, 5.41) is 2.98. The Morgan fingerprint density at radius 2 is 1.85 bits per heavy atom. The van der Waals surface area contributed by atoms with Gasteiger partial charge in [0.2, 0.25) is 5.91 Å². The molecule has 4 nitrogen and oxygen atoms in total. The van der Waals surface area contributed by atoms with E-state index in [1.54, 1.807) is 0 Å². The van der Waals surface area contributed by atoms with E-state index in [0.29, 0.717) is 12.3 Å². The van der Waals surface area contributed by atoms with Crippen LogP contribution in [0, 0.1) is 34.5 Å². The van der Waals surface area contributed by atoms with Crippen molar-refractivity contribution in [2.75, 3.05) is 0 Å². The first-order valence-corrected chi connectivity index (χ1v) is 10.1. The molecule has 144 valence electrons. The zero-order valence-electron chi connectivity index (χ0n) is 16.4. The summed E-state index contributed by atoms with van der Waals surface area (Å²) in [6.07, 6.45) is 8.86. The standard InChI is InChI=1S/C22H33NO3/c1-14-5-6-19-18(13-25)20(8-10-21(14,19)3)22(4)9-7-17(23-15(2)26)11-16(22)12-24/h12-13,16-20H,1,5-11H2,2-4H3,(H,23,26). The number of aldehydes is 2. The van der Waals surface area contributed by atoms with Gasteiger partial charge in [-0.3, -0.25) is 4.79 Å². The normalized spacial score (nSPS) is 45.7. The van der Waals surface area contributed by atoms with E-state index in [4.69, 9.17) is 0 Å². The minimum absolute atomic E-state index is 0.0118. The van der Waals surface area contributed by atoms with Crippen LogP contribution in [0.1, 0.15) is 65.7 Å². The largest absolute Gasteiger partial charge is 0.354 e. The second-order valence-corrected chi connectivity index (χ2v) is 9.45. The molecule has 3 rings (SSSR count). The van der Waals surface area contributed by atoms with E-state index in [1.165, 1.54) is 18.8 Å². The Morgan fingerprint density at radius 3 is 2.46 bits per heavy atom. The van der Waals surface area contributed by atoms with Gasteiger partial charge in [0, 0.05) is 24.8 Å². The van der Waals surface area contributed by atoms with E-state index in [9.17, 15) is 14.4 Å². The summed E-state index contributed by atoms with van der Waals surface area (Å²) >= 11 is 0. The van der Waals surface area contributed by atoms with Crippen molar-refractivity contribution in [3.63, 3.8) is 0 Å². The van der Waals surface area contributed by atoms with Crippen LogP contribution < -0.4 is 5.32 Å². The highest BCUT2D eigenvalue weighted by Gasteiger charge is 2.56. The summed E-state index contributed by atoms with van der Waals surface area (Å²) in [7, 11) is 0. The van der Waals surface area contributed by atoms with Crippen LogP contribution in [0.25, 0.3) is 0 Å². The fourth-order valence-corrected chi connectivity index (χ4v) is 6.52. The number of hydrogen-bond donors (Lipinski definition) is 1. The molecule has 1 amide bonds. The molecule has 3 saturated carbocycles. The van der Waals surface area contributed by atoms with Gasteiger partial charge in [0.05, 0.1) is 0 Å². The van der Waals surface area contributed by atoms with E-state index in [1.807, 2.05) is 0 Å². The molecule has 3 aliphatic carbocycles. The molecule has 1 N–H and O–H groups in total. The fourth-order valence-electron chi connectivity index (χ4n) is 6.52. The monoisotopic (exact) mass is 359 g/mol. The lowest BCUT2D eigenvalue weighted by Crippen LogP contribution is -2.52. The lowest BCUT2D eigenvalue weighted by molar-refractivity contribution is -0.133. The number of hydrogen-bond acceptors (Lipinski definition) is 3. The first-order chi connectivity index (χ1) is 12.3. The Kier molecular flexibility index (Phi) is 5.15. The minimum atomic E-state index is -0.159. The van der Waals surface area contributed by atoms with Gasteiger partial charge in [0.1, 0.15) is 12.6 Å². The molecule has 0 aliphatic heterocycles. The topological polar surface area (TPSA) is 63.2 Å². The van der Waals surface area contributed by atoms with Gasteiger partial charge in [-0.25, -0.2) is 0 Å². The molecule has 3 aliphatic rings. The van der Waals surface area contributed by atoms with E-state index in [0.717, 1.165) is 44.8 Å². The van der Waals surface area contributed by atoms with E-state index in [-0.39, 0.29) is 40.5 Å². The fraction of sp³-hybridized carbons (Fsp3) is 0.773. The molecule has 0 saturated heterocycles. The average molecular weight is 360 g/mol. The molecule has 0 aromatic carbocycles. The van der Waals surface area contributed by atoms with Gasteiger partial charge < -0.3 is 14.9 Å². The van der Waals surface area contributed by atoms with Crippen molar-refractivity contribution < 1.29 is 14.4 Å². The Morgan fingerprint density at radius 1 is 1.12 bits per heavy atom. The van der Waals surface area contributed by atoms with Crippen molar-refractivity contribution >= 4 is 18.5 Å². The van der Waals surface area contributed by atoms with Gasteiger partial charge in [0.25, 0.3) is 0 Å². The number of rotatable bonds is 4. The van der Waals surface area contributed by atoms with Crippen LogP contribution in [0.2, 0.25) is 0 Å². The van der Waals surface area contributed by atoms with Crippen LogP contribution in [-0.2, 0) is 14.4 Å². The maximum absolute atomic E-state index is 12.2. The quantitative estimate of drug-likeness (QED) is 0.615. The van der Waals surface area contributed by atoms with E-state index < -0.39 is 0 Å². The summed E-state index contributed by atoms with van der Waals surface area (Å²) in [6.45, 7) is 10.3. The van der Waals surface area contributed by atoms with Crippen LogP contribution in [-0.4, -0.2) is 24.5 Å². The van der Waals surface area contributed by atoms with Gasteiger partial charge in [-0.05, 0) is 67.6 Å². The predicted octanol–water partition coefficient (Wildman–Crippen LogP) is 3.69. The van der Waals surface area contributed by atoms with E-state index >= 15 is 0 Å². The van der Waals surface area contributed by atoms with Gasteiger partial charge in [0.15, 0.2) is 0 Å². The summed E-state index contributed by atoms with van der Waals surface area (Å²) in [4.78, 5) is 35.6. The third-order valence-corrected chi connectivity index (χ3v) is 8.28. The van der Waals surface area contributed by atoms with Gasteiger partial charge >= 0.3 is 0 Å². The maximum atomic E-state index is 12.2. The summed E-state index contributed by atoms with van der Waals surface area (Å²) in [5.74, 6) is 0.486. The minimum Gasteiger partial charge on any atom is -0.354 e. The number of carbonyl (C=O) groups is 3. The van der Waals surface area contributed by atoms with Crippen molar-refractivity contribution in [2.45, 2.75) is 71.8 Å². The number of nitrogens with one attached hydrogen (secondary N) is 1. The van der Waals surface area contributed by atoms with Crippen molar-refractivity contribution in [1.82, 2.24) is 5.32 Å². The molecular weight excluding hydrogens is 326 g/mol. The third-order valence-electron chi connectivity index (χ3n) is 8.28. The summed E-state index contributed by atoms with van der Waals surface area (Å²) in [6, 6.07) is 0.0746. The first kappa shape index (κ1) is 19.3. The molecule has 0 aromatic rings. The average Bonchev–Trinajstić information content (AvgIpc) is 2.90. The predicted molar refractivity (Wildman–Crippen MR) is 101 cm³/mol. The molecule has 0 heterocycles. The SMILES string of the molecule is C=C1CCC2C(C=O)C(C3(C)CCC(NC(C)=O)CC3C=O)CCC12C. The molecule has 4 heteroatoms. The van der Waals surface area contributed by atoms with Crippen LogP contribution in [0.4, 0.5) is 0 Å². The highest BCUT2D eigenvalue weighted by atomic mass is 16.1. The molecule has 26 heavy (non-hydrogen) atoms. The zero-order chi connectivity index (χ0) is 19.1. The Hall–Kier alpha value is -1.45. The van der Waals surface area contributed by atoms with Crippen LogP contribution in [0.15, 0.2) is 12.2 Å². The third kappa shape index (κ3) is 2.95. The zero-order valence-corrected chi connectivity index (χ0v) is 16.4. The van der Waals surface area contributed by atoms with Crippen LogP contribution in [0.3, 0.4) is 0 Å². The summed E-state index contributed by atoms with van der Waals surface area (Å²) < 4.78 is 0. The molecule has 7 atom stereocenters. The lowest BCUT2D eigenvalue weighted by atomic mass is 9.49. The summed E-state index contributed by atoms with van der Waals surface area (Å²) in [5.41, 5.74) is 1.23. The molecule has 0 bridgehead atoms. The lowest BCUT2D eigenvalue weighted by Gasteiger charge is -2.54. The first-order valence-electron chi connectivity index (χ1n) is 10.1. The highest BCUT2D eigenvalue weighted by Crippen LogP contribution is 2.62. The molecule has 7 unspecified atom stereocenters. The maximum Gasteiger partial charge on any atom is 0.217 e. The Balaban J connectivity index is 1.85. The number of allylic oxidation sites excluding steroid dienone is 1. The van der Waals surface area contributed by atoms with Gasteiger partial charge in [-0.2, -0.15) is 0 Å². The molecule has 0 radical (unpaired) electrons.